The van der Waals surface area contributed by atoms with Crippen molar-refractivity contribution in [2.45, 2.75) is 90.3 Å². The lowest BCUT2D eigenvalue weighted by Gasteiger charge is -2.43. The Hall–Kier alpha value is -3.88. The number of hydrogen-bond donors (Lipinski definition) is 3. The van der Waals surface area contributed by atoms with E-state index in [0.29, 0.717) is 74.7 Å². The summed E-state index contributed by atoms with van der Waals surface area (Å²) in [5, 5.41) is 15.7. The molecule has 2 aliphatic rings. The Labute approximate surface area is 330 Å². The first-order valence-electron chi connectivity index (χ1n) is 18.7. The number of carbonyl (C=O) groups is 5. The topological polar surface area (TPSA) is 167 Å². The minimum Gasteiger partial charge on any atom is -0.542 e. The van der Waals surface area contributed by atoms with Crippen LogP contribution in [0.4, 0.5) is 13.2 Å². The van der Waals surface area contributed by atoms with E-state index in [9.17, 15) is 32.3 Å². The molecule has 0 unspecified atom stereocenters. The first kappa shape index (κ1) is 45.5. The van der Waals surface area contributed by atoms with Crippen molar-refractivity contribution in [3.63, 3.8) is 0 Å². The normalized spacial score (nSPS) is 18.7. The number of amides is 4. The molecular weight excluding hydrogens is 762 g/mol. The first-order chi connectivity index (χ1) is 25.9. The maximum Gasteiger partial charge on any atom is 0.430 e. The molecule has 11 nitrogen and oxygen atoms in total. The molecule has 0 aliphatic carbocycles. The van der Waals surface area contributed by atoms with Crippen molar-refractivity contribution in [2.24, 2.45) is 10.8 Å². The Morgan fingerprint density at radius 3 is 2.13 bits per heavy atom. The van der Waals surface area contributed by atoms with Crippen LogP contribution in [0.15, 0.2) is 48.5 Å². The number of nitrogens with zero attached hydrogens (tertiary/aromatic N) is 2. The predicted molar refractivity (Wildman–Crippen MR) is 200 cm³/mol. The Bertz CT molecular complexity index is 1620. The van der Waals surface area contributed by atoms with Gasteiger partial charge in [0.25, 0.3) is 0 Å². The molecule has 0 bridgehead atoms. The average molecular weight is 815 g/mol. The van der Waals surface area contributed by atoms with Crippen LogP contribution in [0.3, 0.4) is 0 Å². The van der Waals surface area contributed by atoms with Crippen LogP contribution in [0.2, 0.25) is 10.0 Å². The van der Waals surface area contributed by atoms with Crippen molar-refractivity contribution >= 4 is 52.8 Å². The summed E-state index contributed by atoms with van der Waals surface area (Å²) in [5.41, 5.74) is 4.14. The summed E-state index contributed by atoms with van der Waals surface area (Å²) in [4.78, 5) is 67.3. The molecule has 0 spiro atoms. The average Bonchev–Trinajstić information content (AvgIpc) is 3.15. The SMILES string of the molecule is CCNC(=O)[C@]1(Cc2ccccc2)CCCN(C(=O)[C@@H](Cc2ccc(Cl)c(Cl)c2)NC(=O)C2(C)CCN(C(=O)CCCCC[NH3+])CC2)C1.O=C([O-])C(F)(F)F. The zero-order valence-electron chi connectivity index (χ0n) is 31.5. The van der Waals surface area contributed by atoms with E-state index in [1.165, 1.54) is 0 Å². The fourth-order valence-electron chi connectivity index (χ4n) is 6.98. The van der Waals surface area contributed by atoms with E-state index in [2.05, 4.69) is 16.4 Å². The number of carboxylic acid groups (broad SMARTS) is 1. The van der Waals surface area contributed by atoms with Gasteiger partial charge in [-0.1, -0.05) is 66.5 Å². The standard InChI is InChI=1S/C37H51Cl2N5O4.C2HF3O2/c1-3-41-35(48)37(25-27-11-6-4-7-12-27)16-10-20-44(26-37)33(46)31(24-28-14-15-29(38)30(39)23-28)42-34(47)36(2)17-21-43(22-18-36)32(45)13-8-5-9-19-40;3-2(4,5)1(6)7/h4,6-7,11-12,14-15,23,31H,3,5,8-10,13,16-22,24-26,40H2,1-2H3,(H,41,48)(H,42,47);(H,6,7)/t31-,37+;/m1./s1. The van der Waals surface area contributed by atoms with Crippen LogP contribution in [0.25, 0.3) is 0 Å². The van der Waals surface area contributed by atoms with E-state index >= 15 is 0 Å². The molecule has 2 aromatic carbocycles. The number of aliphatic carboxylic acids is 1. The third-order valence-corrected chi connectivity index (χ3v) is 11.0. The number of alkyl halides is 3. The maximum atomic E-state index is 14.4. The zero-order valence-corrected chi connectivity index (χ0v) is 33.0. The van der Waals surface area contributed by atoms with E-state index in [1.807, 2.05) is 55.1 Å². The molecule has 2 atom stereocenters. The lowest BCUT2D eigenvalue weighted by molar-refractivity contribution is -0.368. The first-order valence-corrected chi connectivity index (χ1v) is 19.4. The molecule has 16 heteroatoms. The fourth-order valence-corrected chi connectivity index (χ4v) is 7.30. The summed E-state index contributed by atoms with van der Waals surface area (Å²) >= 11 is 12.5. The van der Waals surface area contributed by atoms with Gasteiger partial charge in [0.05, 0.1) is 22.0 Å². The summed E-state index contributed by atoms with van der Waals surface area (Å²) in [7, 11) is 0. The zero-order chi connectivity index (χ0) is 40.8. The van der Waals surface area contributed by atoms with Gasteiger partial charge in [-0.05, 0) is 81.5 Å². The van der Waals surface area contributed by atoms with Crippen LogP contribution in [0, 0.1) is 10.8 Å². The van der Waals surface area contributed by atoms with Gasteiger partial charge in [0.1, 0.15) is 12.0 Å². The predicted octanol–water partition coefficient (Wildman–Crippen LogP) is 3.74. The van der Waals surface area contributed by atoms with Crippen LogP contribution in [-0.4, -0.2) is 90.9 Å². The van der Waals surface area contributed by atoms with Gasteiger partial charge >= 0.3 is 6.18 Å². The molecule has 4 rings (SSSR count). The van der Waals surface area contributed by atoms with E-state index in [0.717, 1.165) is 36.9 Å². The van der Waals surface area contributed by atoms with E-state index in [4.69, 9.17) is 33.1 Å². The third kappa shape index (κ3) is 13.4. The minimum atomic E-state index is -5.19. The second kappa shape index (κ2) is 20.9. The number of unbranched alkanes of at least 4 members (excludes halogenated alkanes) is 2. The highest BCUT2D eigenvalue weighted by atomic mass is 35.5. The third-order valence-electron chi connectivity index (χ3n) is 10.3. The number of nitrogens with one attached hydrogen (secondary N) is 2. The number of rotatable bonds is 14. The van der Waals surface area contributed by atoms with Crippen molar-refractivity contribution in [3.05, 3.63) is 69.7 Å². The highest BCUT2D eigenvalue weighted by Crippen LogP contribution is 2.36. The number of hydrogen-bond acceptors (Lipinski definition) is 6. The van der Waals surface area contributed by atoms with Crippen LogP contribution >= 0.6 is 23.2 Å². The summed E-state index contributed by atoms with van der Waals surface area (Å²) < 4.78 is 31.5. The Morgan fingerprint density at radius 2 is 1.55 bits per heavy atom. The molecular formula is C39H52Cl2F3N5O6. The summed E-state index contributed by atoms with van der Waals surface area (Å²) in [6.45, 7) is 6.94. The van der Waals surface area contributed by atoms with Gasteiger partial charge in [0.2, 0.25) is 23.6 Å². The smallest absolute Gasteiger partial charge is 0.430 e. The number of piperidine rings is 2. The largest absolute Gasteiger partial charge is 0.542 e. The second-order valence-electron chi connectivity index (χ2n) is 14.5. The number of likely N-dealkylation sites (tertiary alicyclic amines) is 2. The molecule has 0 radical (unpaired) electrons. The van der Waals surface area contributed by atoms with Gasteiger partial charge in [-0.25, -0.2) is 0 Å². The van der Waals surface area contributed by atoms with Gasteiger partial charge in [0, 0.05) is 51.0 Å². The number of quaternary nitrogens is 1. The number of halogens is 5. The van der Waals surface area contributed by atoms with Gasteiger partial charge in [-0.2, -0.15) is 13.2 Å². The molecule has 55 heavy (non-hydrogen) atoms. The van der Waals surface area contributed by atoms with Crippen LogP contribution < -0.4 is 21.5 Å². The van der Waals surface area contributed by atoms with Gasteiger partial charge in [-0.15, -0.1) is 0 Å². The van der Waals surface area contributed by atoms with Crippen LogP contribution in [-0.2, 0) is 36.8 Å². The molecule has 2 fully saturated rings. The monoisotopic (exact) mass is 813 g/mol. The maximum absolute atomic E-state index is 14.4. The van der Waals surface area contributed by atoms with Crippen LogP contribution in [0.5, 0.6) is 0 Å². The van der Waals surface area contributed by atoms with Crippen LogP contribution in [0.1, 0.15) is 76.3 Å². The Balaban J connectivity index is 0.00000106. The highest BCUT2D eigenvalue weighted by Gasteiger charge is 2.45. The molecule has 0 aromatic heterocycles. The molecule has 2 saturated heterocycles. The molecule has 2 heterocycles. The highest BCUT2D eigenvalue weighted by molar-refractivity contribution is 6.42. The quantitative estimate of drug-likeness (QED) is 0.246. The number of benzene rings is 2. The molecule has 304 valence electrons. The van der Waals surface area contributed by atoms with Crippen molar-refractivity contribution in [3.8, 4) is 0 Å². The summed E-state index contributed by atoms with van der Waals surface area (Å²) in [6.07, 6.45) is 1.26. The minimum absolute atomic E-state index is 0.0624. The summed E-state index contributed by atoms with van der Waals surface area (Å²) in [5.74, 6) is -3.38. The van der Waals surface area contributed by atoms with Crippen molar-refractivity contribution < 1.29 is 48.0 Å². The lowest BCUT2D eigenvalue weighted by Crippen LogP contribution is -2.59. The van der Waals surface area contributed by atoms with E-state index in [-0.39, 0.29) is 36.6 Å². The lowest BCUT2D eigenvalue weighted by atomic mass is 9.74. The van der Waals surface area contributed by atoms with Gasteiger partial charge < -0.3 is 36.1 Å². The van der Waals surface area contributed by atoms with Crippen molar-refractivity contribution in [2.75, 3.05) is 39.3 Å². The van der Waals surface area contributed by atoms with Gasteiger partial charge in [-0.3, -0.25) is 19.2 Å². The Morgan fingerprint density at radius 1 is 0.891 bits per heavy atom. The summed E-state index contributed by atoms with van der Waals surface area (Å²) in [6, 6.07) is 14.3. The molecule has 5 N–H and O–H groups in total. The second-order valence-corrected chi connectivity index (χ2v) is 15.3. The molecule has 2 aromatic rings. The number of carbonyl (C=O) groups excluding carboxylic acids is 5. The van der Waals surface area contributed by atoms with E-state index in [1.54, 1.807) is 17.0 Å². The number of carboxylic acids is 1. The molecule has 4 amide bonds. The van der Waals surface area contributed by atoms with E-state index < -0.39 is 29.0 Å². The molecule has 2 aliphatic heterocycles. The van der Waals surface area contributed by atoms with Crippen molar-refractivity contribution in [1.29, 1.82) is 0 Å². The van der Waals surface area contributed by atoms with Crippen molar-refractivity contribution in [1.82, 2.24) is 20.4 Å². The fraction of sp³-hybridized carbons (Fsp3) is 0.564. The van der Waals surface area contributed by atoms with Gasteiger partial charge in [0.15, 0.2) is 0 Å². The molecule has 0 saturated carbocycles. The Kier molecular flexibility index (Phi) is 17.3.